The van der Waals surface area contributed by atoms with Gasteiger partial charge in [-0.1, -0.05) is 12.1 Å². The van der Waals surface area contributed by atoms with Gasteiger partial charge in [0.05, 0.1) is 24.1 Å². The molecule has 3 N–H and O–H groups in total. The van der Waals surface area contributed by atoms with Crippen LogP contribution in [0.5, 0.6) is 5.75 Å². The largest absolute Gasteiger partial charge is 0.508 e. The molecule has 3 rings (SSSR count). The fourth-order valence-electron chi connectivity index (χ4n) is 3.00. The van der Waals surface area contributed by atoms with Gasteiger partial charge >= 0.3 is 5.97 Å². The molecule has 0 spiro atoms. The first-order valence-electron chi connectivity index (χ1n) is 9.00. The second kappa shape index (κ2) is 8.12. The van der Waals surface area contributed by atoms with Crippen LogP contribution in [0.15, 0.2) is 24.3 Å². The molecule has 0 aliphatic carbocycles. The fraction of sp³-hybridized carbons (Fsp3) is 0.350. The molecule has 0 aliphatic heterocycles. The number of aliphatic hydroxyl groups excluding tert-OH is 1. The van der Waals surface area contributed by atoms with Crippen LogP contribution in [-0.2, 0) is 4.74 Å². The highest BCUT2D eigenvalue weighted by Gasteiger charge is 2.23. The summed E-state index contributed by atoms with van der Waals surface area (Å²) in [5.74, 6) is 0.906. The number of benzene rings is 1. The van der Waals surface area contributed by atoms with Gasteiger partial charge in [0.1, 0.15) is 27.1 Å². The number of nitrogens with zero attached hydrogens (tertiary/aromatic N) is 2. The predicted octanol–water partition coefficient (Wildman–Crippen LogP) is 3.72. The van der Waals surface area contributed by atoms with Crippen molar-refractivity contribution in [2.75, 3.05) is 11.9 Å². The number of phenolic OH excluding ortho intramolecular Hbond substituents is 1. The van der Waals surface area contributed by atoms with E-state index < -0.39 is 6.10 Å². The standard InChI is InChI=1S/C20H23N3O4S/c1-5-27-20(26)17-10(2)15-18(22-12(4)23-19(15)28-17)21-11(3)16(25)13-6-8-14(24)9-7-13/h6-9,11,16,24-25H,5H2,1-4H3,(H,21,22,23)/t11-,16-/m0/s1. The van der Waals surface area contributed by atoms with Gasteiger partial charge < -0.3 is 20.3 Å². The molecule has 7 nitrogen and oxygen atoms in total. The van der Waals surface area contributed by atoms with Crippen LogP contribution in [0.4, 0.5) is 5.82 Å². The summed E-state index contributed by atoms with van der Waals surface area (Å²) in [6, 6.07) is 6.05. The van der Waals surface area contributed by atoms with Crippen LogP contribution in [0.3, 0.4) is 0 Å². The van der Waals surface area contributed by atoms with E-state index in [1.807, 2.05) is 13.8 Å². The third-order valence-electron chi connectivity index (χ3n) is 4.44. The number of aromatic hydroxyl groups is 1. The number of aromatic nitrogens is 2. The molecule has 0 radical (unpaired) electrons. The van der Waals surface area contributed by atoms with E-state index in [0.29, 0.717) is 33.5 Å². The first-order chi connectivity index (χ1) is 13.3. The van der Waals surface area contributed by atoms with Gasteiger partial charge in [0.2, 0.25) is 0 Å². The summed E-state index contributed by atoms with van der Waals surface area (Å²) in [5, 5.41) is 24.1. The van der Waals surface area contributed by atoms with Crippen molar-refractivity contribution < 1.29 is 19.7 Å². The summed E-state index contributed by atoms with van der Waals surface area (Å²) in [5.41, 5.74) is 1.43. The minimum Gasteiger partial charge on any atom is -0.508 e. The third-order valence-corrected chi connectivity index (χ3v) is 5.60. The van der Waals surface area contributed by atoms with Crippen molar-refractivity contribution in [1.82, 2.24) is 9.97 Å². The Kier molecular flexibility index (Phi) is 5.81. The number of nitrogens with one attached hydrogen (secondary N) is 1. The number of rotatable bonds is 6. The van der Waals surface area contributed by atoms with Crippen LogP contribution < -0.4 is 5.32 Å². The van der Waals surface area contributed by atoms with Crippen molar-refractivity contribution in [3.63, 3.8) is 0 Å². The molecule has 2 heterocycles. The monoisotopic (exact) mass is 401 g/mol. The van der Waals surface area contributed by atoms with Crippen LogP contribution in [0, 0.1) is 13.8 Å². The van der Waals surface area contributed by atoms with Crippen molar-refractivity contribution in [2.24, 2.45) is 0 Å². The molecule has 28 heavy (non-hydrogen) atoms. The average Bonchev–Trinajstić information content (AvgIpc) is 2.98. The molecule has 0 fully saturated rings. The van der Waals surface area contributed by atoms with Crippen LogP contribution >= 0.6 is 11.3 Å². The number of anilines is 1. The van der Waals surface area contributed by atoms with Crippen molar-refractivity contribution in [3.8, 4) is 5.75 Å². The van der Waals surface area contributed by atoms with Crippen molar-refractivity contribution in [3.05, 3.63) is 46.1 Å². The van der Waals surface area contributed by atoms with Gasteiger partial charge in [0, 0.05) is 0 Å². The second-order valence-electron chi connectivity index (χ2n) is 6.55. The first kappa shape index (κ1) is 20.0. The van der Waals surface area contributed by atoms with Gasteiger partial charge in [-0.2, -0.15) is 0 Å². The Hall–Kier alpha value is -2.71. The van der Waals surface area contributed by atoms with E-state index in [0.717, 1.165) is 10.9 Å². The van der Waals surface area contributed by atoms with E-state index in [9.17, 15) is 15.0 Å². The Morgan fingerprint density at radius 1 is 1.25 bits per heavy atom. The normalized spacial score (nSPS) is 13.3. The van der Waals surface area contributed by atoms with Crippen LogP contribution in [-0.4, -0.2) is 38.8 Å². The topological polar surface area (TPSA) is 105 Å². The highest BCUT2D eigenvalue weighted by molar-refractivity contribution is 7.20. The van der Waals surface area contributed by atoms with E-state index in [-0.39, 0.29) is 17.8 Å². The van der Waals surface area contributed by atoms with E-state index in [1.54, 1.807) is 26.0 Å². The number of hydrogen-bond donors (Lipinski definition) is 3. The van der Waals surface area contributed by atoms with Gasteiger partial charge in [-0.3, -0.25) is 0 Å². The van der Waals surface area contributed by atoms with E-state index in [2.05, 4.69) is 15.3 Å². The van der Waals surface area contributed by atoms with Gasteiger partial charge in [-0.25, -0.2) is 14.8 Å². The molecule has 2 atom stereocenters. The number of ether oxygens (including phenoxy) is 1. The van der Waals surface area contributed by atoms with Crippen LogP contribution in [0.2, 0.25) is 0 Å². The zero-order valence-corrected chi connectivity index (χ0v) is 17.0. The quantitative estimate of drug-likeness (QED) is 0.541. The molecule has 148 valence electrons. The van der Waals surface area contributed by atoms with Crippen molar-refractivity contribution in [2.45, 2.75) is 39.8 Å². The number of phenols is 1. The van der Waals surface area contributed by atoms with Crippen LogP contribution in [0.1, 0.15) is 46.6 Å². The summed E-state index contributed by atoms with van der Waals surface area (Å²) in [4.78, 5) is 22.4. The van der Waals surface area contributed by atoms with Gasteiger partial charge in [0.15, 0.2) is 0 Å². The van der Waals surface area contributed by atoms with E-state index in [4.69, 9.17) is 4.74 Å². The van der Waals surface area contributed by atoms with Crippen molar-refractivity contribution in [1.29, 1.82) is 0 Å². The highest BCUT2D eigenvalue weighted by Crippen LogP contribution is 2.35. The molecule has 0 aliphatic rings. The summed E-state index contributed by atoms with van der Waals surface area (Å²) in [6.45, 7) is 7.54. The molecule has 8 heteroatoms. The highest BCUT2D eigenvalue weighted by atomic mass is 32.1. The molecule has 2 aromatic heterocycles. The number of aliphatic hydroxyl groups is 1. The number of esters is 1. The Bertz CT molecular complexity index is 1000. The zero-order valence-electron chi connectivity index (χ0n) is 16.2. The number of aryl methyl sites for hydroxylation is 2. The zero-order chi connectivity index (χ0) is 20.4. The van der Waals surface area contributed by atoms with Crippen molar-refractivity contribution >= 4 is 33.3 Å². The Morgan fingerprint density at radius 3 is 2.57 bits per heavy atom. The second-order valence-corrected chi connectivity index (χ2v) is 7.54. The maximum absolute atomic E-state index is 12.2. The number of carbonyl (C=O) groups is 1. The third kappa shape index (κ3) is 3.93. The predicted molar refractivity (Wildman–Crippen MR) is 109 cm³/mol. The van der Waals surface area contributed by atoms with Crippen LogP contribution in [0.25, 0.3) is 10.2 Å². The molecule has 0 saturated heterocycles. The smallest absolute Gasteiger partial charge is 0.348 e. The number of carbonyl (C=O) groups excluding carboxylic acids is 1. The van der Waals surface area contributed by atoms with E-state index in [1.165, 1.54) is 23.5 Å². The average molecular weight is 401 g/mol. The molecule has 3 aromatic rings. The summed E-state index contributed by atoms with van der Waals surface area (Å²) < 4.78 is 5.14. The van der Waals surface area contributed by atoms with Gasteiger partial charge in [-0.15, -0.1) is 11.3 Å². The molecule has 0 bridgehead atoms. The summed E-state index contributed by atoms with van der Waals surface area (Å²) >= 11 is 1.28. The lowest BCUT2D eigenvalue weighted by molar-refractivity contribution is 0.0531. The summed E-state index contributed by atoms with van der Waals surface area (Å²) in [6.07, 6.45) is -0.811. The molecule has 0 saturated carbocycles. The van der Waals surface area contributed by atoms with E-state index >= 15 is 0 Å². The molecular formula is C20H23N3O4S. The minimum atomic E-state index is -0.811. The SMILES string of the molecule is CCOC(=O)c1sc2nc(C)nc(N[C@@H](C)[C@H](O)c3ccc(O)cc3)c2c1C. The lowest BCUT2D eigenvalue weighted by Gasteiger charge is -2.22. The van der Waals surface area contributed by atoms with Gasteiger partial charge in [-0.05, 0) is 51.0 Å². The summed E-state index contributed by atoms with van der Waals surface area (Å²) in [7, 11) is 0. The maximum atomic E-state index is 12.2. The number of hydrogen-bond acceptors (Lipinski definition) is 8. The number of fused-ring (bicyclic) bond motifs is 1. The first-order valence-corrected chi connectivity index (χ1v) is 9.81. The fourth-order valence-corrected chi connectivity index (χ4v) is 4.12. The molecule has 0 amide bonds. The number of thiophene rings is 1. The minimum absolute atomic E-state index is 0.144. The Labute approximate surface area is 167 Å². The lowest BCUT2D eigenvalue weighted by Crippen LogP contribution is -2.25. The molecule has 1 aromatic carbocycles. The molecular weight excluding hydrogens is 378 g/mol. The maximum Gasteiger partial charge on any atom is 0.348 e. The molecule has 0 unspecified atom stereocenters. The van der Waals surface area contributed by atoms with Gasteiger partial charge in [0.25, 0.3) is 0 Å². The lowest BCUT2D eigenvalue weighted by atomic mass is 10.0. The Balaban J connectivity index is 1.95. The Morgan fingerprint density at radius 2 is 1.93 bits per heavy atom.